The lowest BCUT2D eigenvalue weighted by Crippen LogP contribution is -2.23. The Hall–Kier alpha value is -2.60. The molecule has 25 heavy (non-hydrogen) atoms. The summed E-state index contributed by atoms with van der Waals surface area (Å²) in [7, 11) is 1.63. The number of hydrogen-bond acceptors (Lipinski definition) is 4. The number of methoxy groups -OCH3 is 1. The molecule has 5 nitrogen and oxygen atoms in total. The molecule has 2 aromatic heterocycles. The molecular weight excluding hydrogens is 334 g/mol. The van der Waals surface area contributed by atoms with Gasteiger partial charge < -0.3 is 14.6 Å². The van der Waals surface area contributed by atoms with E-state index in [9.17, 15) is 4.79 Å². The standard InChI is InChI=1S/C19H21N3O2S/c1-13(2)16-17(25-19(21-16)22-9-4-5-10-22)18(23)20-12-14-7-6-8-15(11-14)24-3/h4-11,13H,12H2,1-3H3,(H,20,23). The van der Waals surface area contributed by atoms with E-state index >= 15 is 0 Å². The molecule has 0 bridgehead atoms. The summed E-state index contributed by atoms with van der Waals surface area (Å²) in [5.41, 5.74) is 1.82. The van der Waals surface area contributed by atoms with Gasteiger partial charge in [0.05, 0.1) is 12.8 Å². The average molecular weight is 355 g/mol. The van der Waals surface area contributed by atoms with Crippen LogP contribution in [0.15, 0.2) is 48.8 Å². The highest BCUT2D eigenvalue weighted by Crippen LogP contribution is 2.27. The Bertz CT molecular complexity index is 853. The number of benzene rings is 1. The molecule has 0 spiro atoms. The zero-order valence-electron chi connectivity index (χ0n) is 14.5. The average Bonchev–Trinajstić information content (AvgIpc) is 3.29. The van der Waals surface area contributed by atoms with Crippen LogP contribution in [0.25, 0.3) is 5.13 Å². The van der Waals surface area contributed by atoms with Crippen LogP contribution in [-0.2, 0) is 6.54 Å². The summed E-state index contributed by atoms with van der Waals surface area (Å²) in [4.78, 5) is 18.0. The maximum atomic E-state index is 12.7. The molecule has 0 saturated carbocycles. The van der Waals surface area contributed by atoms with Crippen molar-refractivity contribution in [3.05, 3.63) is 64.9 Å². The summed E-state index contributed by atoms with van der Waals surface area (Å²) in [6, 6.07) is 11.6. The maximum Gasteiger partial charge on any atom is 0.263 e. The summed E-state index contributed by atoms with van der Waals surface area (Å²) < 4.78 is 7.14. The summed E-state index contributed by atoms with van der Waals surface area (Å²) in [5.74, 6) is 0.864. The van der Waals surface area contributed by atoms with Gasteiger partial charge in [0.15, 0.2) is 5.13 Å². The van der Waals surface area contributed by atoms with Gasteiger partial charge in [-0.25, -0.2) is 4.98 Å². The van der Waals surface area contributed by atoms with Crippen LogP contribution < -0.4 is 10.1 Å². The van der Waals surface area contributed by atoms with Crippen LogP contribution in [0, 0.1) is 0 Å². The fraction of sp³-hybridized carbons (Fsp3) is 0.263. The molecule has 0 atom stereocenters. The van der Waals surface area contributed by atoms with Crippen molar-refractivity contribution in [2.75, 3.05) is 7.11 Å². The lowest BCUT2D eigenvalue weighted by Gasteiger charge is -2.08. The van der Waals surface area contributed by atoms with Gasteiger partial charge in [-0.1, -0.05) is 37.3 Å². The molecule has 0 aliphatic rings. The second kappa shape index (κ2) is 7.53. The maximum absolute atomic E-state index is 12.7. The van der Waals surface area contributed by atoms with Gasteiger partial charge in [0.2, 0.25) is 0 Å². The van der Waals surface area contributed by atoms with Crippen LogP contribution in [0.1, 0.15) is 40.7 Å². The van der Waals surface area contributed by atoms with E-state index in [1.807, 2.05) is 67.2 Å². The van der Waals surface area contributed by atoms with Crippen LogP contribution >= 0.6 is 11.3 Å². The van der Waals surface area contributed by atoms with Crippen molar-refractivity contribution in [1.29, 1.82) is 0 Å². The van der Waals surface area contributed by atoms with Gasteiger partial charge in [0, 0.05) is 18.9 Å². The number of thiazole rings is 1. The molecule has 0 saturated heterocycles. The smallest absolute Gasteiger partial charge is 0.263 e. The highest BCUT2D eigenvalue weighted by Gasteiger charge is 2.20. The second-order valence-electron chi connectivity index (χ2n) is 5.99. The number of rotatable bonds is 6. The molecule has 6 heteroatoms. The minimum Gasteiger partial charge on any atom is -0.497 e. The van der Waals surface area contributed by atoms with Gasteiger partial charge in [0.1, 0.15) is 10.6 Å². The predicted molar refractivity (Wildman–Crippen MR) is 99.7 cm³/mol. The van der Waals surface area contributed by atoms with Gasteiger partial charge in [-0.05, 0) is 35.7 Å². The minimum atomic E-state index is -0.0950. The van der Waals surface area contributed by atoms with Gasteiger partial charge in [-0.15, -0.1) is 0 Å². The Morgan fingerprint density at radius 1 is 1.28 bits per heavy atom. The van der Waals surface area contributed by atoms with Crippen LogP contribution in [0.4, 0.5) is 0 Å². The third kappa shape index (κ3) is 3.91. The summed E-state index contributed by atoms with van der Waals surface area (Å²) in [5, 5.41) is 3.79. The second-order valence-corrected chi connectivity index (χ2v) is 6.97. The Morgan fingerprint density at radius 3 is 2.72 bits per heavy atom. The van der Waals surface area contributed by atoms with E-state index in [4.69, 9.17) is 4.74 Å². The van der Waals surface area contributed by atoms with Gasteiger partial charge >= 0.3 is 0 Å². The number of carbonyl (C=O) groups is 1. The summed E-state index contributed by atoms with van der Waals surface area (Å²) in [6.07, 6.45) is 3.86. The largest absolute Gasteiger partial charge is 0.497 e. The van der Waals surface area contributed by atoms with E-state index in [0.29, 0.717) is 11.4 Å². The van der Waals surface area contributed by atoms with E-state index in [1.165, 1.54) is 11.3 Å². The molecule has 0 unspecified atom stereocenters. The number of hydrogen-bond donors (Lipinski definition) is 1. The summed E-state index contributed by atoms with van der Waals surface area (Å²) >= 11 is 1.41. The van der Waals surface area contributed by atoms with Gasteiger partial charge in [-0.3, -0.25) is 4.79 Å². The van der Waals surface area contributed by atoms with Crippen molar-refractivity contribution in [2.24, 2.45) is 0 Å². The van der Waals surface area contributed by atoms with Crippen LogP contribution in [-0.4, -0.2) is 22.6 Å². The third-order valence-corrected chi connectivity index (χ3v) is 4.89. The Morgan fingerprint density at radius 2 is 2.04 bits per heavy atom. The first-order valence-electron chi connectivity index (χ1n) is 8.13. The molecule has 3 aromatic rings. The molecule has 0 fully saturated rings. The van der Waals surface area contributed by atoms with Crippen LogP contribution in [0.2, 0.25) is 0 Å². The first-order valence-corrected chi connectivity index (χ1v) is 8.95. The third-order valence-electron chi connectivity index (χ3n) is 3.81. The Kier molecular flexibility index (Phi) is 5.19. The number of amides is 1. The number of aromatic nitrogens is 2. The predicted octanol–water partition coefficient (Wildman–Crippen LogP) is 4.00. The molecule has 130 valence electrons. The fourth-order valence-electron chi connectivity index (χ4n) is 2.49. The highest BCUT2D eigenvalue weighted by molar-refractivity contribution is 7.16. The topological polar surface area (TPSA) is 56.1 Å². The molecule has 0 radical (unpaired) electrons. The van der Waals surface area contributed by atoms with Crippen LogP contribution in [0.3, 0.4) is 0 Å². The fourth-order valence-corrected chi connectivity index (χ4v) is 3.60. The molecule has 2 heterocycles. The quantitative estimate of drug-likeness (QED) is 0.727. The van der Waals surface area contributed by atoms with Crippen molar-refractivity contribution in [3.8, 4) is 10.9 Å². The van der Waals surface area contributed by atoms with Crippen LogP contribution in [0.5, 0.6) is 5.75 Å². The highest BCUT2D eigenvalue weighted by atomic mass is 32.1. The number of carbonyl (C=O) groups excluding carboxylic acids is 1. The van der Waals surface area contributed by atoms with E-state index in [2.05, 4.69) is 10.3 Å². The molecule has 1 aromatic carbocycles. The zero-order chi connectivity index (χ0) is 17.8. The monoisotopic (exact) mass is 355 g/mol. The van der Waals surface area contributed by atoms with E-state index in [0.717, 1.165) is 22.1 Å². The SMILES string of the molecule is COc1cccc(CNC(=O)c2sc(-n3cccc3)nc2C(C)C)c1. The molecule has 1 N–H and O–H groups in total. The Balaban J connectivity index is 1.79. The van der Waals surface area contributed by atoms with Crippen molar-refractivity contribution < 1.29 is 9.53 Å². The van der Waals surface area contributed by atoms with Crippen molar-refractivity contribution in [3.63, 3.8) is 0 Å². The van der Waals surface area contributed by atoms with Crippen molar-refractivity contribution in [2.45, 2.75) is 26.3 Å². The van der Waals surface area contributed by atoms with Gasteiger partial charge in [-0.2, -0.15) is 0 Å². The zero-order valence-corrected chi connectivity index (χ0v) is 15.3. The number of nitrogens with zero attached hydrogens (tertiary/aromatic N) is 2. The molecule has 3 rings (SSSR count). The lowest BCUT2D eigenvalue weighted by molar-refractivity contribution is 0.0953. The number of ether oxygens (including phenoxy) is 1. The van der Waals surface area contributed by atoms with Gasteiger partial charge in [0.25, 0.3) is 5.91 Å². The molecule has 1 amide bonds. The van der Waals surface area contributed by atoms with E-state index in [1.54, 1.807) is 7.11 Å². The number of nitrogens with one attached hydrogen (secondary N) is 1. The lowest BCUT2D eigenvalue weighted by atomic mass is 10.1. The van der Waals surface area contributed by atoms with E-state index in [-0.39, 0.29) is 11.8 Å². The molecular formula is C19H21N3O2S. The normalized spacial score (nSPS) is 10.9. The summed E-state index contributed by atoms with van der Waals surface area (Å²) in [6.45, 7) is 4.55. The molecule has 0 aliphatic carbocycles. The first kappa shape index (κ1) is 17.2. The van der Waals surface area contributed by atoms with Crippen molar-refractivity contribution >= 4 is 17.2 Å². The van der Waals surface area contributed by atoms with E-state index < -0.39 is 0 Å². The van der Waals surface area contributed by atoms with Crippen molar-refractivity contribution in [1.82, 2.24) is 14.9 Å². The Labute approximate surface area is 151 Å². The molecule has 0 aliphatic heterocycles. The first-order chi connectivity index (χ1) is 12.1. The minimum absolute atomic E-state index is 0.0950.